The van der Waals surface area contributed by atoms with Gasteiger partial charge in [0.25, 0.3) is 0 Å². The average Bonchev–Trinajstić information content (AvgIpc) is 2.56. The second-order valence-electron chi connectivity index (χ2n) is 6.18. The number of hydrogen-bond acceptors (Lipinski definition) is 7. The van der Waals surface area contributed by atoms with Gasteiger partial charge in [0.2, 0.25) is 0 Å². The van der Waals surface area contributed by atoms with Crippen LogP contribution in [0.15, 0.2) is 0 Å². The summed E-state index contributed by atoms with van der Waals surface area (Å²) >= 11 is 3.28. The number of nitrogens with one attached hydrogen (secondary N) is 1. The Kier molecular flexibility index (Phi) is 17.6. The van der Waals surface area contributed by atoms with E-state index in [-0.39, 0.29) is 0 Å². The number of amides is 1. The van der Waals surface area contributed by atoms with Crippen LogP contribution in [0.2, 0.25) is 0 Å². The molecule has 1 N–H and O–H groups in total. The van der Waals surface area contributed by atoms with Crippen LogP contribution in [0.4, 0.5) is 4.79 Å². The number of alkyl carbamates (subject to hydrolysis) is 1. The molecule has 0 fully saturated rings. The number of halogens is 1. The Morgan fingerprint density at radius 2 is 1.12 bits per heavy atom. The highest BCUT2D eigenvalue weighted by atomic mass is 79.9. The topological polar surface area (TPSA) is 84.5 Å². The molecule has 26 heavy (non-hydrogen) atoms. The molecule has 0 spiro atoms. The largest absolute Gasteiger partial charge is 0.444 e. The van der Waals surface area contributed by atoms with Gasteiger partial charge < -0.3 is 33.7 Å². The molecule has 0 rings (SSSR count). The Morgan fingerprint density at radius 1 is 0.731 bits per heavy atom. The second-order valence-corrected chi connectivity index (χ2v) is 6.97. The maximum absolute atomic E-state index is 11.4. The third-order valence-electron chi connectivity index (χ3n) is 2.62. The summed E-state index contributed by atoms with van der Waals surface area (Å²) in [6, 6.07) is 0. The molecule has 0 saturated carbocycles. The summed E-state index contributed by atoms with van der Waals surface area (Å²) in [6.45, 7) is 11.2. The van der Waals surface area contributed by atoms with Gasteiger partial charge >= 0.3 is 6.09 Å². The van der Waals surface area contributed by atoms with E-state index in [0.717, 1.165) is 5.33 Å². The summed E-state index contributed by atoms with van der Waals surface area (Å²) in [4.78, 5) is 11.4. The maximum Gasteiger partial charge on any atom is 0.407 e. The molecule has 0 saturated heterocycles. The first kappa shape index (κ1) is 25.6. The van der Waals surface area contributed by atoms with Gasteiger partial charge in [-0.15, -0.1) is 0 Å². The number of hydrogen-bond donors (Lipinski definition) is 1. The van der Waals surface area contributed by atoms with E-state index < -0.39 is 11.7 Å². The predicted molar refractivity (Wildman–Crippen MR) is 102 cm³/mol. The first-order chi connectivity index (χ1) is 12.5. The predicted octanol–water partition coefficient (Wildman–Crippen LogP) is 1.99. The normalized spacial score (nSPS) is 11.5. The average molecular weight is 444 g/mol. The Bertz CT molecular complexity index is 327. The Hall–Kier alpha value is -0.450. The first-order valence-corrected chi connectivity index (χ1v) is 9.99. The lowest BCUT2D eigenvalue weighted by molar-refractivity contribution is -0.00995. The molecule has 156 valence electrons. The van der Waals surface area contributed by atoms with Crippen molar-refractivity contribution >= 4 is 22.0 Å². The molecule has 0 aliphatic rings. The number of ether oxygens (including phenoxy) is 6. The van der Waals surface area contributed by atoms with E-state index in [1.807, 2.05) is 20.8 Å². The quantitative estimate of drug-likeness (QED) is 0.271. The van der Waals surface area contributed by atoms with Crippen molar-refractivity contribution in [2.24, 2.45) is 0 Å². The van der Waals surface area contributed by atoms with Crippen molar-refractivity contribution in [1.82, 2.24) is 5.32 Å². The third-order valence-corrected chi connectivity index (χ3v) is 2.95. The number of carbonyl (C=O) groups excluding carboxylic acids is 1. The van der Waals surface area contributed by atoms with E-state index >= 15 is 0 Å². The van der Waals surface area contributed by atoms with Crippen molar-refractivity contribution in [2.45, 2.75) is 26.4 Å². The van der Waals surface area contributed by atoms with Gasteiger partial charge in [-0.2, -0.15) is 0 Å². The summed E-state index contributed by atoms with van der Waals surface area (Å²) in [6.07, 6.45) is -0.440. The van der Waals surface area contributed by atoms with Gasteiger partial charge in [-0.3, -0.25) is 0 Å². The van der Waals surface area contributed by atoms with Gasteiger partial charge in [0.1, 0.15) is 5.60 Å². The minimum Gasteiger partial charge on any atom is -0.444 e. The highest BCUT2D eigenvalue weighted by Gasteiger charge is 2.15. The van der Waals surface area contributed by atoms with Crippen molar-refractivity contribution in [3.63, 3.8) is 0 Å². The fourth-order valence-corrected chi connectivity index (χ4v) is 1.80. The van der Waals surface area contributed by atoms with E-state index in [0.29, 0.717) is 72.6 Å². The van der Waals surface area contributed by atoms with Gasteiger partial charge in [0.05, 0.1) is 66.1 Å². The second kappa shape index (κ2) is 17.9. The molecule has 8 nitrogen and oxygen atoms in total. The molecule has 9 heteroatoms. The highest BCUT2D eigenvalue weighted by molar-refractivity contribution is 9.09. The van der Waals surface area contributed by atoms with Crippen molar-refractivity contribution < 1.29 is 33.2 Å². The fraction of sp³-hybridized carbons (Fsp3) is 0.941. The van der Waals surface area contributed by atoms with Crippen LogP contribution >= 0.6 is 15.9 Å². The summed E-state index contributed by atoms with van der Waals surface area (Å²) in [5.41, 5.74) is -0.492. The number of rotatable bonds is 17. The van der Waals surface area contributed by atoms with Crippen LogP contribution in [0.5, 0.6) is 0 Å². The Morgan fingerprint density at radius 3 is 1.50 bits per heavy atom. The van der Waals surface area contributed by atoms with E-state index in [2.05, 4.69) is 21.2 Å². The van der Waals surface area contributed by atoms with Crippen LogP contribution in [0.25, 0.3) is 0 Å². The van der Waals surface area contributed by atoms with Crippen LogP contribution in [-0.4, -0.2) is 89.6 Å². The lowest BCUT2D eigenvalue weighted by Gasteiger charge is -2.19. The van der Waals surface area contributed by atoms with Gasteiger partial charge in [0.15, 0.2) is 0 Å². The van der Waals surface area contributed by atoms with Crippen molar-refractivity contribution in [3.05, 3.63) is 0 Å². The molecule has 0 heterocycles. The molecule has 0 aromatic rings. The molecular formula is C17H34BrNO7. The van der Waals surface area contributed by atoms with Gasteiger partial charge in [0, 0.05) is 11.9 Å². The summed E-state index contributed by atoms with van der Waals surface area (Å²) < 4.78 is 31.8. The fourth-order valence-electron chi connectivity index (χ4n) is 1.58. The maximum atomic E-state index is 11.4. The number of carbonyl (C=O) groups is 1. The Balaban J connectivity index is 3.12. The van der Waals surface area contributed by atoms with Crippen LogP contribution in [0.1, 0.15) is 20.8 Å². The molecule has 1 amide bonds. The molecule has 0 unspecified atom stereocenters. The van der Waals surface area contributed by atoms with Crippen LogP contribution in [-0.2, 0) is 28.4 Å². The van der Waals surface area contributed by atoms with Gasteiger partial charge in [-0.05, 0) is 20.8 Å². The Labute approximate surface area is 165 Å². The summed E-state index contributed by atoms with van der Waals surface area (Å²) in [5, 5.41) is 3.46. The van der Waals surface area contributed by atoms with E-state index in [1.165, 1.54) is 0 Å². The molecule has 0 aliphatic carbocycles. The molecule has 0 radical (unpaired) electrons. The molecule has 0 aromatic heterocycles. The zero-order valence-electron chi connectivity index (χ0n) is 16.2. The zero-order chi connectivity index (χ0) is 19.5. The first-order valence-electron chi connectivity index (χ1n) is 8.87. The monoisotopic (exact) mass is 443 g/mol. The van der Waals surface area contributed by atoms with Crippen LogP contribution in [0, 0.1) is 0 Å². The van der Waals surface area contributed by atoms with E-state index in [9.17, 15) is 4.79 Å². The van der Waals surface area contributed by atoms with E-state index in [1.54, 1.807) is 0 Å². The van der Waals surface area contributed by atoms with Crippen molar-refractivity contribution in [1.29, 1.82) is 0 Å². The van der Waals surface area contributed by atoms with Crippen molar-refractivity contribution in [2.75, 3.05) is 77.9 Å². The minimum atomic E-state index is -0.492. The minimum absolute atomic E-state index is 0.402. The zero-order valence-corrected chi connectivity index (χ0v) is 17.8. The van der Waals surface area contributed by atoms with Gasteiger partial charge in [-0.25, -0.2) is 4.79 Å². The summed E-state index contributed by atoms with van der Waals surface area (Å²) in [5.74, 6) is 0. The van der Waals surface area contributed by atoms with Gasteiger partial charge in [-0.1, -0.05) is 15.9 Å². The highest BCUT2D eigenvalue weighted by Crippen LogP contribution is 2.05. The molecule has 0 aromatic carbocycles. The summed E-state index contributed by atoms with van der Waals surface area (Å²) in [7, 11) is 0. The standard InChI is InChI=1S/C17H34BrNO7/c1-17(2,3)26-16(20)19-5-7-22-9-11-24-13-15-25-14-12-23-10-8-21-6-4-18/h4-15H2,1-3H3,(H,19,20). The van der Waals surface area contributed by atoms with Crippen LogP contribution < -0.4 is 5.32 Å². The third kappa shape index (κ3) is 21.6. The molecule has 0 atom stereocenters. The number of alkyl halides is 1. The molecule has 0 aliphatic heterocycles. The molecular weight excluding hydrogens is 410 g/mol. The van der Waals surface area contributed by atoms with Crippen LogP contribution in [0.3, 0.4) is 0 Å². The van der Waals surface area contributed by atoms with Crippen molar-refractivity contribution in [3.8, 4) is 0 Å². The SMILES string of the molecule is CC(C)(C)OC(=O)NCCOCCOCCOCCOCCOCCBr. The smallest absolute Gasteiger partial charge is 0.407 e. The lowest BCUT2D eigenvalue weighted by atomic mass is 10.2. The molecule has 0 bridgehead atoms. The lowest BCUT2D eigenvalue weighted by Crippen LogP contribution is -2.34. The van der Waals surface area contributed by atoms with E-state index in [4.69, 9.17) is 28.4 Å².